The summed E-state index contributed by atoms with van der Waals surface area (Å²) < 4.78 is 18.8. The summed E-state index contributed by atoms with van der Waals surface area (Å²) in [7, 11) is 0. The topological polar surface area (TPSA) is 38.3 Å². The van der Waals surface area contributed by atoms with E-state index < -0.39 is 11.7 Å². The van der Waals surface area contributed by atoms with Gasteiger partial charge in [-0.25, -0.2) is 4.39 Å². The summed E-state index contributed by atoms with van der Waals surface area (Å²) >= 11 is 3.17. The highest BCUT2D eigenvalue weighted by atomic mass is 79.9. The molecule has 0 unspecified atom stereocenters. The van der Waals surface area contributed by atoms with E-state index in [4.69, 9.17) is 11.2 Å². The highest BCUT2D eigenvalue weighted by Crippen LogP contribution is 2.21. The average molecular weight is 286 g/mol. The molecule has 0 atom stereocenters. The fraction of sp³-hybridized carbons (Fsp3) is 0.182. The number of amides is 1. The molecule has 0 heterocycles. The van der Waals surface area contributed by atoms with Crippen molar-refractivity contribution in [1.29, 1.82) is 0 Å². The Bertz CT molecular complexity index is 428. The first-order chi connectivity index (χ1) is 7.63. The third-order valence-electron chi connectivity index (χ3n) is 1.64. The molecule has 0 aromatic heterocycles. The van der Waals surface area contributed by atoms with Gasteiger partial charge >= 0.3 is 0 Å². The Kier molecular flexibility index (Phi) is 4.80. The fourth-order valence-electron chi connectivity index (χ4n) is 0.932. The summed E-state index contributed by atoms with van der Waals surface area (Å²) in [4.78, 5) is 11.1. The lowest BCUT2D eigenvalue weighted by molar-refractivity contribution is -0.122. The van der Waals surface area contributed by atoms with Crippen molar-refractivity contribution in [1.82, 2.24) is 5.32 Å². The molecule has 0 aliphatic carbocycles. The molecule has 0 radical (unpaired) electrons. The van der Waals surface area contributed by atoms with Crippen LogP contribution in [0.5, 0.6) is 5.75 Å². The van der Waals surface area contributed by atoms with Crippen molar-refractivity contribution < 1.29 is 13.9 Å². The van der Waals surface area contributed by atoms with Gasteiger partial charge < -0.3 is 10.1 Å². The normalized spacial score (nSPS) is 9.31. The van der Waals surface area contributed by atoms with Crippen LogP contribution >= 0.6 is 15.9 Å². The monoisotopic (exact) mass is 285 g/mol. The number of ether oxygens (including phenoxy) is 1. The summed E-state index contributed by atoms with van der Waals surface area (Å²) in [5.74, 6) is 1.36. The van der Waals surface area contributed by atoms with E-state index in [1.165, 1.54) is 12.1 Å². The maximum Gasteiger partial charge on any atom is 0.258 e. The maximum atomic E-state index is 13.2. The number of benzene rings is 1. The van der Waals surface area contributed by atoms with Crippen molar-refractivity contribution in [2.45, 2.75) is 0 Å². The van der Waals surface area contributed by atoms with Gasteiger partial charge in [-0.15, -0.1) is 6.42 Å². The standard InChI is InChI=1S/C11H9BrFNO2/c1-2-5-14-11(15)7-16-10-6-8(12)3-4-9(10)13/h1,3-4,6H,5,7H2,(H,14,15). The Morgan fingerprint density at radius 3 is 3.06 bits per heavy atom. The van der Waals surface area contributed by atoms with Crippen LogP contribution in [0.25, 0.3) is 0 Å². The Labute approximate surface area is 101 Å². The van der Waals surface area contributed by atoms with E-state index in [9.17, 15) is 9.18 Å². The zero-order chi connectivity index (χ0) is 12.0. The second kappa shape index (κ2) is 6.13. The van der Waals surface area contributed by atoms with Gasteiger partial charge in [-0.05, 0) is 18.2 Å². The molecule has 1 amide bonds. The summed E-state index contributed by atoms with van der Waals surface area (Å²) in [5, 5.41) is 2.40. The van der Waals surface area contributed by atoms with Gasteiger partial charge in [0.15, 0.2) is 18.2 Å². The van der Waals surface area contributed by atoms with Gasteiger partial charge in [0.05, 0.1) is 6.54 Å². The SMILES string of the molecule is C#CCNC(=O)COc1cc(Br)ccc1F. The van der Waals surface area contributed by atoms with Crippen LogP contribution in [0.1, 0.15) is 0 Å². The molecule has 0 fully saturated rings. The van der Waals surface area contributed by atoms with Crippen LogP contribution in [0.2, 0.25) is 0 Å². The second-order valence-electron chi connectivity index (χ2n) is 2.84. The molecular weight excluding hydrogens is 277 g/mol. The first-order valence-corrected chi connectivity index (χ1v) is 5.21. The predicted octanol–water partition coefficient (Wildman–Crippen LogP) is 1.72. The van der Waals surface area contributed by atoms with Crippen LogP contribution in [-0.4, -0.2) is 19.1 Å². The van der Waals surface area contributed by atoms with Crippen molar-refractivity contribution in [2.75, 3.05) is 13.2 Å². The van der Waals surface area contributed by atoms with Crippen LogP contribution < -0.4 is 10.1 Å². The number of hydrogen-bond donors (Lipinski definition) is 1. The summed E-state index contributed by atoms with van der Waals surface area (Å²) in [5.41, 5.74) is 0. The number of rotatable bonds is 4. The van der Waals surface area contributed by atoms with Gasteiger partial charge in [-0.2, -0.15) is 0 Å². The van der Waals surface area contributed by atoms with Crippen molar-refractivity contribution in [3.8, 4) is 18.1 Å². The van der Waals surface area contributed by atoms with E-state index >= 15 is 0 Å². The molecule has 0 spiro atoms. The van der Waals surface area contributed by atoms with E-state index in [0.717, 1.165) is 0 Å². The van der Waals surface area contributed by atoms with E-state index in [1.54, 1.807) is 6.07 Å². The first-order valence-electron chi connectivity index (χ1n) is 4.41. The Morgan fingerprint density at radius 2 is 2.38 bits per heavy atom. The fourth-order valence-corrected chi connectivity index (χ4v) is 1.27. The number of carbonyl (C=O) groups excluding carboxylic acids is 1. The van der Waals surface area contributed by atoms with Gasteiger partial charge in [0, 0.05) is 4.47 Å². The van der Waals surface area contributed by atoms with Gasteiger partial charge in [-0.3, -0.25) is 4.79 Å². The van der Waals surface area contributed by atoms with Crippen LogP contribution in [0.3, 0.4) is 0 Å². The van der Waals surface area contributed by atoms with E-state index in [1.807, 2.05) is 0 Å². The van der Waals surface area contributed by atoms with E-state index in [-0.39, 0.29) is 18.9 Å². The lowest BCUT2D eigenvalue weighted by Crippen LogP contribution is -2.29. The minimum Gasteiger partial charge on any atom is -0.481 e. The van der Waals surface area contributed by atoms with Crippen LogP contribution in [0.15, 0.2) is 22.7 Å². The molecule has 1 aromatic rings. The molecule has 5 heteroatoms. The molecule has 0 aliphatic heterocycles. The van der Waals surface area contributed by atoms with Crippen LogP contribution in [0, 0.1) is 18.2 Å². The highest BCUT2D eigenvalue weighted by molar-refractivity contribution is 9.10. The third kappa shape index (κ3) is 3.91. The zero-order valence-electron chi connectivity index (χ0n) is 8.30. The van der Waals surface area contributed by atoms with Gasteiger partial charge in [0.25, 0.3) is 5.91 Å². The average Bonchev–Trinajstić information content (AvgIpc) is 2.27. The van der Waals surface area contributed by atoms with Crippen molar-refractivity contribution in [2.24, 2.45) is 0 Å². The lowest BCUT2D eigenvalue weighted by atomic mass is 10.3. The Hall–Kier alpha value is -1.54. The lowest BCUT2D eigenvalue weighted by Gasteiger charge is -2.07. The molecule has 84 valence electrons. The Balaban J connectivity index is 2.51. The molecule has 0 bridgehead atoms. The molecule has 0 aliphatic rings. The van der Waals surface area contributed by atoms with Gasteiger partial charge in [-0.1, -0.05) is 21.9 Å². The van der Waals surface area contributed by atoms with Crippen molar-refractivity contribution >= 4 is 21.8 Å². The van der Waals surface area contributed by atoms with Gasteiger partial charge in [0.1, 0.15) is 0 Å². The minimum absolute atomic E-state index is 0.0187. The molecule has 1 rings (SSSR count). The Morgan fingerprint density at radius 1 is 1.62 bits per heavy atom. The van der Waals surface area contributed by atoms with Crippen LogP contribution in [0.4, 0.5) is 4.39 Å². The summed E-state index contributed by atoms with van der Waals surface area (Å²) in [6.45, 7) is -0.141. The predicted molar refractivity (Wildman–Crippen MR) is 61.4 cm³/mol. The molecular formula is C11H9BrFNO2. The number of carbonyl (C=O) groups is 1. The minimum atomic E-state index is -0.520. The molecule has 1 N–H and O–H groups in total. The van der Waals surface area contributed by atoms with E-state index in [2.05, 4.69) is 27.2 Å². The third-order valence-corrected chi connectivity index (χ3v) is 2.13. The molecule has 16 heavy (non-hydrogen) atoms. The first kappa shape index (κ1) is 12.5. The summed E-state index contributed by atoms with van der Waals surface area (Å²) in [6, 6.07) is 4.24. The van der Waals surface area contributed by atoms with Gasteiger partial charge in [0.2, 0.25) is 0 Å². The zero-order valence-corrected chi connectivity index (χ0v) is 9.88. The molecule has 1 aromatic carbocycles. The highest BCUT2D eigenvalue weighted by Gasteiger charge is 2.06. The number of nitrogens with one attached hydrogen (secondary N) is 1. The largest absolute Gasteiger partial charge is 0.481 e. The van der Waals surface area contributed by atoms with E-state index in [0.29, 0.717) is 4.47 Å². The van der Waals surface area contributed by atoms with Crippen LogP contribution in [-0.2, 0) is 4.79 Å². The maximum absolute atomic E-state index is 13.2. The molecule has 3 nitrogen and oxygen atoms in total. The number of halogens is 2. The quantitative estimate of drug-likeness (QED) is 0.856. The second-order valence-corrected chi connectivity index (χ2v) is 3.76. The smallest absolute Gasteiger partial charge is 0.258 e. The molecule has 0 saturated heterocycles. The number of hydrogen-bond acceptors (Lipinski definition) is 2. The van der Waals surface area contributed by atoms with Crippen molar-refractivity contribution in [3.63, 3.8) is 0 Å². The molecule has 0 saturated carbocycles. The summed E-state index contributed by atoms with van der Waals surface area (Å²) in [6.07, 6.45) is 4.96. The van der Waals surface area contributed by atoms with Crippen molar-refractivity contribution in [3.05, 3.63) is 28.5 Å². The number of terminal acetylenes is 1.